The van der Waals surface area contributed by atoms with Crippen molar-refractivity contribution in [2.45, 2.75) is 19.7 Å². The minimum Gasteiger partial charge on any atom is -0.451 e. The van der Waals surface area contributed by atoms with Crippen LogP contribution in [0.2, 0.25) is 0 Å². The third kappa shape index (κ3) is 3.21. The minimum absolute atomic E-state index is 0.376. The molecule has 1 atom stereocenters. The fraction of sp³-hybridized carbons (Fsp3) is 0.107. The van der Waals surface area contributed by atoms with Gasteiger partial charge in [-0.05, 0) is 49.4 Å². The second kappa shape index (κ2) is 8.02. The summed E-state index contributed by atoms with van der Waals surface area (Å²) in [4.78, 5) is 0. The average molecular weight is 433 g/mol. The Kier molecular flexibility index (Phi) is 4.73. The highest BCUT2D eigenvalue weighted by Crippen LogP contribution is 2.38. The standard InChI is InChI=1S/C28H24N4O/c1-2-30-26-16-10-9-15-24(26)25-19-21(17-18-27(25)30)28-32(29-20-33-28)31(22-11-5-3-6-12-22)23-13-7-4-8-14-23/h3-20,28H,2H2,1H3. The van der Waals surface area contributed by atoms with Gasteiger partial charge in [-0.15, -0.1) is 5.10 Å². The summed E-state index contributed by atoms with van der Waals surface area (Å²) in [7, 11) is 0. The monoisotopic (exact) mass is 432 g/mol. The molecule has 1 unspecified atom stereocenters. The van der Waals surface area contributed by atoms with Gasteiger partial charge in [-0.25, -0.2) is 5.01 Å². The van der Waals surface area contributed by atoms with Crippen molar-refractivity contribution in [3.8, 4) is 0 Å². The topological polar surface area (TPSA) is 33.0 Å². The van der Waals surface area contributed by atoms with Crippen LogP contribution in [0.5, 0.6) is 0 Å². The van der Waals surface area contributed by atoms with Crippen LogP contribution < -0.4 is 5.01 Å². The van der Waals surface area contributed by atoms with Crippen LogP contribution in [0.1, 0.15) is 18.7 Å². The molecule has 0 spiro atoms. The largest absolute Gasteiger partial charge is 0.451 e. The van der Waals surface area contributed by atoms with Gasteiger partial charge < -0.3 is 9.30 Å². The van der Waals surface area contributed by atoms with Gasteiger partial charge in [-0.1, -0.05) is 60.7 Å². The molecule has 0 bridgehead atoms. The first-order valence-electron chi connectivity index (χ1n) is 11.2. The van der Waals surface area contributed by atoms with Crippen molar-refractivity contribution in [3.05, 3.63) is 109 Å². The minimum atomic E-state index is -0.376. The maximum absolute atomic E-state index is 6.06. The summed E-state index contributed by atoms with van der Waals surface area (Å²) in [6, 6.07) is 35.7. The molecule has 4 aromatic carbocycles. The lowest BCUT2D eigenvalue weighted by atomic mass is 10.1. The Bertz CT molecular complexity index is 1400. The molecule has 0 amide bonds. The van der Waals surface area contributed by atoms with Crippen LogP contribution in [-0.2, 0) is 11.3 Å². The molecule has 0 saturated carbocycles. The Morgan fingerprint density at radius 3 is 2.09 bits per heavy atom. The van der Waals surface area contributed by atoms with E-state index < -0.39 is 0 Å². The number of hydrogen-bond donors (Lipinski definition) is 0. The van der Waals surface area contributed by atoms with Gasteiger partial charge in [0.15, 0.2) is 6.40 Å². The third-order valence-electron chi connectivity index (χ3n) is 6.17. The number of hydrogen-bond acceptors (Lipinski definition) is 4. The van der Waals surface area contributed by atoms with Crippen molar-refractivity contribution in [1.82, 2.24) is 9.69 Å². The molecule has 0 radical (unpaired) electrons. The molecule has 0 N–H and O–H groups in total. The van der Waals surface area contributed by atoms with Crippen molar-refractivity contribution in [1.29, 1.82) is 0 Å². The number of anilines is 2. The summed E-state index contributed by atoms with van der Waals surface area (Å²) < 4.78 is 8.42. The van der Waals surface area contributed by atoms with Crippen molar-refractivity contribution in [2.24, 2.45) is 5.10 Å². The van der Waals surface area contributed by atoms with Gasteiger partial charge >= 0.3 is 0 Å². The van der Waals surface area contributed by atoms with Crippen LogP contribution in [0.15, 0.2) is 108 Å². The summed E-state index contributed by atoms with van der Waals surface area (Å²) in [6.07, 6.45) is 1.15. The van der Waals surface area contributed by atoms with Gasteiger partial charge in [0.25, 0.3) is 0 Å². The Morgan fingerprint density at radius 2 is 1.39 bits per heavy atom. The van der Waals surface area contributed by atoms with Crippen LogP contribution in [0, 0.1) is 0 Å². The maximum Gasteiger partial charge on any atom is 0.234 e. The van der Waals surface area contributed by atoms with Crippen molar-refractivity contribution in [3.63, 3.8) is 0 Å². The number of hydrazine groups is 1. The summed E-state index contributed by atoms with van der Waals surface area (Å²) in [5, 5.41) is 11.1. The van der Waals surface area contributed by atoms with E-state index in [4.69, 9.17) is 4.74 Å². The van der Waals surface area contributed by atoms with Gasteiger partial charge in [0, 0.05) is 33.9 Å². The van der Waals surface area contributed by atoms with Crippen LogP contribution in [0.3, 0.4) is 0 Å². The molecule has 33 heavy (non-hydrogen) atoms. The average Bonchev–Trinajstić information content (AvgIpc) is 3.48. The Labute approximate surface area is 192 Å². The van der Waals surface area contributed by atoms with Crippen molar-refractivity contribution >= 4 is 39.6 Å². The molecule has 5 aromatic rings. The summed E-state index contributed by atoms with van der Waals surface area (Å²) >= 11 is 0. The van der Waals surface area contributed by atoms with Crippen LogP contribution in [0.25, 0.3) is 21.8 Å². The predicted octanol–water partition coefficient (Wildman–Crippen LogP) is 6.84. The quantitative estimate of drug-likeness (QED) is 0.305. The van der Waals surface area contributed by atoms with E-state index >= 15 is 0 Å². The summed E-state index contributed by atoms with van der Waals surface area (Å²) in [5.41, 5.74) is 5.56. The molecule has 1 aliphatic heterocycles. The fourth-order valence-electron chi connectivity index (χ4n) is 4.71. The van der Waals surface area contributed by atoms with Crippen LogP contribution in [-0.4, -0.2) is 16.1 Å². The van der Waals surface area contributed by atoms with Crippen LogP contribution >= 0.6 is 0 Å². The molecule has 0 aliphatic carbocycles. The highest BCUT2D eigenvalue weighted by atomic mass is 16.5. The number of rotatable bonds is 5. The van der Waals surface area contributed by atoms with Gasteiger partial charge in [0.1, 0.15) is 0 Å². The van der Waals surface area contributed by atoms with E-state index in [9.17, 15) is 0 Å². The SMILES string of the molecule is CCn1c2ccccc2c2cc(C3OC=NN3N(c3ccccc3)c3ccccc3)ccc21. The fourth-order valence-corrected chi connectivity index (χ4v) is 4.71. The molecule has 1 aliphatic rings. The first kappa shape index (κ1) is 19.4. The third-order valence-corrected chi connectivity index (χ3v) is 6.17. The van der Waals surface area contributed by atoms with Gasteiger partial charge in [-0.3, -0.25) is 0 Å². The van der Waals surface area contributed by atoms with Gasteiger partial charge in [0.2, 0.25) is 6.23 Å². The first-order chi connectivity index (χ1) is 16.3. The number of aryl methyl sites for hydroxylation is 1. The number of benzene rings is 4. The lowest BCUT2D eigenvalue weighted by molar-refractivity contribution is 0.0591. The number of hydrazone groups is 1. The van der Waals surface area contributed by atoms with E-state index in [1.165, 1.54) is 28.2 Å². The van der Waals surface area contributed by atoms with E-state index in [0.717, 1.165) is 23.5 Å². The molecule has 5 heteroatoms. The molecular formula is C28H24N4O. The number of para-hydroxylation sites is 3. The molecule has 5 nitrogen and oxygen atoms in total. The van der Waals surface area contributed by atoms with E-state index in [2.05, 4.69) is 88.3 Å². The lowest BCUT2D eigenvalue weighted by Gasteiger charge is -2.35. The number of ether oxygens (including phenoxy) is 1. The van der Waals surface area contributed by atoms with Crippen molar-refractivity contribution < 1.29 is 4.74 Å². The predicted molar refractivity (Wildman–Crippen MR) is 134 cm³/mol. The molecule has 0 fully saturated rings. The molecule has 162 valence electrons. The highest BCUT2D eigenvalue weighted by Gasteiger charge is 2.31. The van der Waals surface area contributed by atoms with Crippen molar-refractivity contribution in [2.75, 3.05) is 5.01 Å². The molecular weight excluding hydrogens is 408 g/mol. The smallest absolute Gasteiger partial charge is 0.234 e. The second-order valence-electron chi connectivity index (χ2n) is 8.05. The zero-order valence-corrected chi connectivity index (χ0v) is 18.4. The van der Waals surface area contributed by atoms with Gasteiger partial charge in [-0.2, -0.15) is 5.12 Å². The Morgan fingerprint density at radius 1 is 0.758 bits per heavy atom. The van der Waals surface area contributed by atoms with E-state index in [-0.39, 0.29) is 6.23 Å². The maximum atomic E-state index is 6.06. The number of fused-ring (bicyclic) bond motifs is 3. The molecule has 6 rings (SSSR count). The molecule has 0 saturated heterocycles. The zero-order chi connectivity index (χ0) is 22.2. The highest BCUT2D eigenvalue weighted by molar-refractivity contribution is 6.08. The number of nitrogens with zero attached hydrogens (tertiary/aromatic N) is 4. The number of aromatic nitrogens is 1. The second-order valence-corrected chi connectivity index (χ2v) is 8.05. The first-order valence-corrected chi connectivity index (χ1v) is 11.2. The van der Waals surface area contributed by atoms with E-state index in [1.54, 1.807) is 0 Å². The van der Waals surface area contributed by atoms with E-state index in [0.29, 0.717) is 0 Å². The van der Waals surface area contributed by atoms with E-state index in [1.807, 2.05) is 41.5 Å². The summed E-state index contributed by atoms with van der Waals surface area (Å²) in [5.74, 6) is 0. The zero-order valence-electron chi connectivity index (χ0n) is 18.4. The summed E-state index contributed by atoms with van der Waals surface area (Å²) in [6.45, 7) is 3.11. The normalized spacial score (nSPS) is 15.3. The lowest BCUT2D eigenvalue weighted by Crippen LogP contribution is -2.36. The van der Waals surface area contributed by atoms with Gasteiger partial charge in [0.05, 0.1) is 11.4 Å². The molecule has 1 aromatic heterocycles. The van der Waals surface area contributed by atoms with Crippen LogP contribution in [0.4, 0.5) is 11.4 Å². The Balaban J connectivity index is 1.47. The molecule has 2 heterocycles. The Hall–Kier alpha value is -4.25.